The van der Waals surface area contributed by atoms with Gasteiger partial charge in [-0.25, -0.2) is 0 Å². The highest BCUT2D eigenvalue weighted by Gasteiger charge is 2.71. The highest BCUT2D eigenvalue weighted by atomic mass is 32.2. The molecule has 0 amide bonds. The van der Waals surface area contributed by atoms with Gasteiger partial charge in [0.05, 0.1) is 25.4 Å². The summed E-state index contributed by atoms with van der Waals surface area (Å²) < 4.78 is 35.4. The lowest BCUT2D eigenvalue weighted by atomic mass is 9.35. The second-order valence-corrected chi connectivity index (χ2v) is 15.8. The number of rotatable bonds is 4. The van der Waals surface area contributed by atoms with Crippen LogP contribution in [0.3, 0.4) is 0 Å². The second kappa shape index (κ2) is 9.09. The molecule has 5 rings (SSSR count). The van der Waals surface area contributed by atoms with Gasteiger partial charge < -0.3 is 4.74 Å². The fourth-order valence-electron chi connectivity index (χ4n) is 9.34. The van der Waals surface area contributed by atoms with E-state index in [1.165, 1.54) is 11.8 Å². The van der Waals surface area contributed by atoms with Gasteiger partial charge in [0, 0.05) is 16.2 Å². The lowest BCUT2D eigenvalue weighted by molar-refractivity contribution is -0.222. The monoisotopic (exact) mass is 548 g/mol. The van der Waals surface area contributed by atoms with Gasteiger partial charge in [-0.05, 0) is 78.7 Å². The molecule has 1 unspecified atom stereocenters. The van der Waals surface area contributed by atoms with Gasteiger partial charge in [-0.1, -0.05) is 57.7 Å². The quantitative estimate of drug-likeness (QED) is 0.265. The van der Waals surface area contributed by atoms with E-state index < -0.39 is 15.5 Å². The van der Waals surface area contributed by atoms with Crippen LogP contribution in [0.15, 0.2) is 35.2 Å². The molecule has 0 aromatic heterocycles. The van der Waals surface area contributed by atoms with Crippen LogP contribution >= 0.6 is 11.8 Å². The molecule has 4 fully saturated rings. The van der Waals surface area contributed by atoms with Crippen LogP contribution in [0.25, 0.3) is 0 Å². The molecule has 1 spiro atoms. The summed E-state index contributed by atoms with van der Waals surface area (Å²) in [6, 6.07) is 9.76. The first kappa shape index (κ1) is 27.2. The van der Waals surface area contributed by atoms with Crippen molar-refractivity contribution in [3.8, 4) is 0 Å². The van der Waals surface area contributed by atoms with Crippen LogP contribution in [-0.2, 0) is 28.6 Å². The van der Waals surface area contributed by atoms with Gasteiger partial charge >= 0.3 is 5.97 Å². The van der Waals surface area contributed by atoms with Crippen LogP contribution in [0.2, 0.25) is 0 Å². The molecule has 204 valence electrons. The topological polar surface area (TPSA) is 86.7 Å². The Morgan fingerprint density at radius 1 is 1.00 bits per heavy atom. The molecule has 8 heteroatoms. The Morgan fingerprint density at radius 3 is 2.32 bits per heavy atom. The van der Waals surface area contributed by atoms with Crippen molar-refractivity contribution >= 4 is 33.0 Å². The summed E-state index contributed by atoms with van der Waals surface area (Å²) in [6.45, 7) is 9.34. The minimum absolute atomic E-state index is 0.0346. The Kier molecular flexibility index (Phi) is 6.68. The first-order valence-corrected chi connectivity index (χ1v) is 16.2. The van der Waals surface area contributed by atoms with Crippen LogP contribution in [0, 0.1) is 39.4 Å². The van der Waals surface area contributed by atoms with Gasteiger partial charge in [0.2, 0.25) is 0 Å². The predicted octanol–water partition coefficient (Wildman–Crippen LogP) is 5.85. The third-order valence-electron chi connectivity index (χ3n) is 11.0. The smallest absolute Gasteiger partial charge is 0.306 e. The van der Waals surface area contributed by atoms with E-state index in [0.29, 0.717) is 31.3 Å². The van der Waals surface area contributed by atoms with Gasteiger partial charge in [0.25, 0.3) is 10.1 Å². The molecule has 4 aliphatic rings. The van der Waals surface area contributed by atoms with Crippen molar-refractivity contribution in [1.29, 1.82) is 0 Å². The van der Waals surface area contributed by atoms with Gasteiger partial charge in [-0.3, -0.25) is 13.8 Å². The maximum absolute atomic E-state index is 13.8. The SMILES string of the molecule is CC1(C)C2CC[C@]3(C)[C@H](CC[C@H](C(=O)Sc4ccccc4)[C@]34COC(=O)C4)[C@@]2(C)CC[C@@H]1OS(C)(=O)=O. The van der Waals surface area contributed by atoms with Crippen molar-refractivity contribution < 1.29 is 26.9 Å². The summed E-state index contributed by atoms with van der Waals surface area (Å²) in [7, 11) is -3.55. The molecule has 7 atom stereocenters. The van der Waals surface area contributed by atoms with E-state index in [-0.39, 0.29) is 39.4 Å². The molecule has 1 saturated heterocycles. The van der Waals surface area contributed by atoms with E-state index in [4.69, 9.17) is 8.92 Å². The third kappa shape index (κ3) is 4.29. The minimum atomic E-state index is -3.55. The van der Waals surface area contributed by atoms with Crippen LogP contribution in [0.5, 0.6) is 0 Å². The number of cyclic esters (lactones) is 1. The largest absolute Gasteiger partial charge is 0.465 e. The van der Waals surface area contributed by atoms with Crippen LogP contribution < -0.4 is 0 Å². The predicted molar refractivity (Wildman–Crippen MR) is 143 cm³/mol. The number of ether oxygens (including phenoxy) is 1. The molecule has 37 heavy (non-hydrogen) atoms. The number of fused-ring (bicyclic) bond motifs is 4. The van der Waals surface area contributed by atoms with Crippen molar-refractivity contribution in [2.45, 2.75) is 83.6 Å². The highest BCUT2D eigenvalue weighted by Crippen LogP contribution is 2.74. The fourth-order valence-corrected chi connectivity index (χ4v) is 11.1. The summed E-state index contributed by atoms with van der Waals surface area (Å²) in [5.74, 6) is 0.183. The van der Waals surface area contributed by atoms with Gasteiger partial charge in [-0.2, -0.15) is 8.42 Å². The molecule has 1 aliphatic heterocycles. The lowest BCUT2D eigenvalue weighted by Crippen LogP contribution is -2.66. The summed E-state index contributed by atoms with van der Waals surface area (Å²) in [6.07, 6.45) is 6.16. The number of hydrogen-bond acceptors (Lipinski definition) is 7. The molecule has 3 aliphatic carbocycles. The van der Waals surface area contributed by atoms with E-state index in [0.717, 1.165) is 43.3 Å². The van der Waals surface area contributed by atoms with Crippen molar-refractivity contribution in [2.75, 3.05) is 12.9 Å². The third-order valence-corrected chi connectivity index (χ3v) is 12.6. The maximum atomic E-state index is 13.8. The Hall–Kier alpha value is -1.38. The summed E-state index contributed by atoms with van der Waals surface area (Å²) >= 11 is 1.30. The summed E-state index contributed by atoms with van der Waals surface area (Å²) in [5, 5.41) is 0.141. The molecule has 1 heterocycles. The average molecular weight is 549 g/mol. The van der Waals surface area contributed by atoms with Crippen LogP contribution in [-0.4, -0.2) is 38.5 Å². The Morgan fingerprint density at radius 2 is 1.70 bits per heavy atom. The molecular formula is C29H40O6S2. The van der Waals surface area contributed by atoms with Crippen molar-refractivity contribution in [1.82, 2.24) is 0 Å². The van der Waals surface area contributed by atoms with Crippen molar-refractivity contribution in [3.63, 3.8) is 0 Å². The summed E-state index contributed by atoms with van der Waals surface area (Å²) in [5.41, 5.74) is -1.07. The molecule has 1 aromatic carbocycles. The molecule has 0 N–H and O–H groups in total. The zero-order chi connectivity index (χ0) is 26.9. The fraction of sp³-hybridized carbons (Fsp3) is 0.724. The van der Waals surface area contributed by atoms with Gasteiger partial charge in [0.15, 0.2) is 5.12 Å². The first-order valence-electron chi connectivity index (χ1n) is 13.5. The minimum Gasteiger partial charge on any atom is -0.465 e. The molecule has 0 radical (unpaired) electrons. The number of carbonyl (C=O) groups excluding carboxylic acids is 2. The standard InChI is InChI=1S/C29H40O6S2/c1-26(2)21-13-16-28(4)22(27(21,3)15-14-23(26)35-37(5,32)33)12-11-20(29(28)17-24(30)34-18-29)25(31)36-19-9-7-6-8-10-19/h6-10,20-23H,11-18H2,1-5H3/t20-,21?,22-,23+,27+,28-,29+/m1/s1. The average Bonchev–Trinajstić information content (AvgIpc) is 3.19. The molecular weight excluding hydrogens is 508 g/mol. The van der Waals surface area contributed by atoms with E-state index in [9.17, 15) is 18.0 Å². The van der Waals surface area contributed by atoms with Gasteiger partial charge in [0.1, 0.15) is 0 Å². The summed E-state index contributed by atoms with van der Waals surface area (Å²) in [4.78, 5) is 27.4. The van der Waals surface area contributed by atoms with Crippen molar-refractivity contribution in [2.24, 2.45) is 39.4 Å². The van der Waals surface area contributed by atoms with E-state index in [1.807, 2.05) is 30.3 Å². The second-order valence-electron chi connectivity index (χ2n) is 13.1. The number of thioether (sulfide) groups is 1. The molecule has 1 aromatic rings. The Bertz CT molecular complexity index is 1180. The van der Waals surface area contributed by atoms with Crippen LogP contribution in [0.4, 0.5) is 0 Å². The number of esters is 1. The Labute approximate surface area is 225 Å². The normalized spacial score (nSPS) is 41.1. The highest BCUT2D eigenvalue weighted by molar-refractivity contribution is 8.13. The maximum Gasteiger partial charge on any atom is 0.306 e. The number of benzene rings is 1. The molecule has 0 bridgehead atoms. The van der Waals surface area contributed by atoms with Gasteiger partial charge in [-0.15, -0.1) is 0 Å². The molecule has 3 saturated carbocycles. The van der Waals surface area contributed by atoms with Crippen molar-refractivity contribution in [3.05, 3.63) is 30.3 Å². The Balaban J connectivity index is 1.49. The number of hydrogen-bond donors (Lipinski definition) is 0. The number of carbonyl (C=O) groups is 2. The van der Waals surface area contributed by atoms with E-state index in [2.05, 4.69) is 27.7 Å². The zero-order valence-electron chi connectivity index (χ0n) is 22.6. The lowest BCUT2D eigenvalue weighted by Gasteiger charge is -2.69. The first-order chi connectivity index (χ1) is 17.2. The molecule has 6 nitrogen and oxygen atoms in total. The van der Waals surface area contributed by atoms with E-state index >= 15 is 0 Å². The zero-order valence-corrected chi connectivity index (χ0v) is 24.3. The van der Waals surface area contributed by atoms with Crippen LogP contribution in [0.1, 0.15) is 72.6 Å². The van der Waals surface area contributed by atoms with E-state index in [1.54, 1.807) is 0 Å².